The highest BCUT2D eigenvalue weighted by molar-refractivity contribution is 7.91. The van der Waals surface area contributed by atoms with E-state index in [0.29, 0.717) is 29.4 Å². The molecule has 0 amide bonds. The minimum absolute atomic E-state index is 0.378. The first-order chi connectivity index (χ1) is 7.98. The molecule has 0 spiro atoms. The smallest absolute Gasteiger partial charge is 0.150 e. The molecule has 1 heterocycles. The van der Waals surface area contributed by atoms with Crippen molar-refractivity contribution in [3.8, 4) is 0 Å². The van der Waals surface area contributed by atoms with Gasteiger partial charge in [0.2, 0.25) is 0 Å². The third-order valence-electron chi connectivity index (χ3n) is 3.81. The second-order valence-electron chi connectivity index (χ2n) is 5.43. The summed E-state index contributed by atoms with van der Waals surface area (Å²) >= 11 is 0. The molecule has 1 fully saturated rings. The van der Waals surface area contributed by atoms with Gasteiger partial charge < -0.3 is 5.32 Å². The molecule has 1 N–H and O–H groups in total. The fourth-order valence-corrected chi connectivity index (χ4v) is 4.73. The van der Waals surface area contributed by atoms with Gasteiger partial charge in [0.15, 0.2) is 9.84 Å². The fraction of sp³-hybridized carbons (Fsp3) is 1.00. The molecular formula is C13H27NO2S. The molecule has 0 radical (unpaired) electrons. The summed E-state index contributed by atoms with van der Waals surface area (Å²) in [6, 6.07) is 0.484. The molecular weight excluding hydrogens is 234 g/mol. The Bertz CT molecular complexity index is 313. The largest absolute Gasteiger partial charge is 0.314 e. The van der Waals surface area contributed by atoms with E-state index in [1.54, 1.807) is 0 Å². The second kappa shape index (κ2) is 6.74. The van der Waals surface area contributed by atoms with E-state index in [1.165, 1.54) is 12.8 Å². The molecule has 1 rings (SSSR count). The Morgan fingerprint density at radius 2 is 2.06 bits per heavy atom. The number of rotatable bonds is 7. The van der Waals surface area contributed by atoms with E-state index in [-0.39, 0.29) is 0 Å². The molecule has 3 atom stereocenters. The molecule has 0 aromatic heterocycles. The van der Waals surface area contributed by atoms with Crippen LogP contribution in [0, 0.1) is 11.8 Å². The molecule has 1 aliphatic heterocycles. The van der Waals surface area contributed by atoms with E-state index >= 15 is 0 Å². The first-order valence-corrected chi connectivity index (χ1v) is 8.74. The molecule has 1 saturated heterocycles. The molecule has 1 aliphatic rings. The van der Waals surface area contributed by atoms with Gasteiger partial charge in [-0.05, 0) is 37.6 Å². The zero-order chi connectivity index (χ0) is 12.9. The van der Waals surface area contributed by atoms with Crippen LogP contribution in [0.2, 0.25) is 0 Å². The van der Waals surface area contributed by atoms with Crippen LogP contribution in [0.25, 0.3) is 0 Å². The van der Waals surface area contributed by atoms with Crippen LogP contribution >= 0.6 is 0 Å². The average Bonchev–Trinajstić information content (AvgIpc) is 2.58. The number of nitrogens with one attached hydrogen (secondary N) is 1. The summed E-state index contributed by atoms with van der Waals surface area (Å²) in [5.41, 5.74) is 0. The lowest BCUT2D eigenvalue weighted by molar-refractivity contribution is 0.305. The molecule has 102 valence electrons. The Hall–Kier alpha value is -0.0900. The van der Waals surface area contributed by atoms with Crippen molar-refractivity contribution >= 4 is 9.84 Å². The summed E-state index contributed by atoms with van der Waals surface area (Å²) in [6.07, 6.45) is 4.31. The van der Waals surface area contributed by atoms with Gasteiger partial charge in [-0.3, -0.25) is 0 Å². The van der Waals surface area contributed by atoms with Gasteiger partial charge >= 0.3 is 0 Å². The molecule has 3 nitrogen and oxygen atoms in total. The van der Waals surface area contributed by atoms with Crippen LogP contribution in [0.3, 0.4) is 0 Å². The predicted molar refractivity (Wildman–Crippen MR) is 72.9 cm³/mol. The maximum absolute atomic E-state index is 11.5. The van der Waals surface area contributed by atoms with E-state index in [2.05, 4.69) is 26.1 Å². The van der Waals surface area contributed by atoms with Crippen molar-refractivity contribution in [2.75, 3.05) is 18.1 Å². The summed E-state index contributed by atoms with van der Waals surface area (Å²) in [4.78, 5) is 0. The third kappa shape index (κ3) is 4.96. The van der Waals surface area contributed by atoms with Crippen molar-refractivity contribution in [1.82, 2.24) is 5.32 Å². The van der Waals surface area contributed by atoms with Gasteiger partial charge in [0.1, 0.15) is 0 Å². The predicted octanol–water partition coefficient (Wildman–Crippen LogP) is 2.23. The SMILES string of the molecule is CCCC(C)C(CC1CCS(=O)(=O)C1)NCC. The topological polar surface area (TPSA) is 46.2 Å². The number of sulfone groups is 1. The summed E-state index contributed by atoms with van der Waals surface area (Å²) in [5, 5.41) is 3.53. The van der Waals surface area contributed by atoms with Gasteiger partial charge in [0.25, 0.3) is 0 Å². The van der Waals surface area contributed by atoms with Crippen molar-refractivity contribution in [2.24, 2.45) is 11.8 Å². The fourth-order valence-electron chi connectivity index (χ4n) is 2.85. The highest BCUT2D eigenvalue weighted by Crippen LogP contribution is 2.26. The molecule has 0 aromatic carbocycles. The van der Waals surface area contributed by atoms with Crippen LogP contribution in [-0.4, -0.2) is 32.5 Å². The van der Waals surface area contributed by atoms with Crippen LogP contribution < -0.4 is 5.32 Å². The molecule has 4 heteroatoms. The van der Waals surface area contributed by atoms with Crippen LogP contribution in [-0.2, 0) is 9.84 Å². The molecule has 17 heavy (non-hydrogen) atoms. The van der Waals surface area contributed by atoms with E-state index in [0.717, 1.165) is 19.4 Å². The maximum atomic E-state index is 11.5. The van der Waals surface area contributed by atoms with E-state index in [4.69, 9.17) is 0 Å². The lowest BCUT2D eigenvalue weighted by Crippen LogP contribution is -2.36. The zero-order valence-electron chi connectivity index (χ0n) is 11.4. The molecule has 0 aromatic rings. The van der Waals surface area contributed by atoms with E-state index in [1.807, 2.05) is 0 Å². The first-order valence-electron chi connectivity index (χ1n) is 6.92. The van der Waals surface area contributed by atoms with Gasteiger partial charge in [0.05, 0.1) is 11.5 Å². The van der Waals surface area contributed by atoms with Crippen molar-refractivity contribution in [2.45, 2.75) is 52.5 Å². The summed E-state index contributed by atoms with van der Waals surface area (Å²) in [7, 11) is -2.72. The van der Waals surface area contributed by atoms with Crippen molar-refractivity contribution in [1.29, 1.82) is 0 Å². The van der Waals surface area contributed by atoms with Crippen LogP contribution in [0.5, 0.6) is 0 Å². The number of hydrogen-bond acceptors (Lipinski definition) is 3. The standard InChI is InChI=1S/C13H27NO2S/c1-4-6-11(3)13(14-5-2)9-12-7-8-17(15,16)10-12/h11-14H,4-10H2,1-3H3. The van der Waals surface area contributed by atoms with Crippen molar-refractivity contribution < 1.29 is 8.42 Å². The molecule has 0 saturated carbocycles. The first kappa shape index (κ1) is 15.0. The van der Waals surface area contributed by atoms with Crippen LogP contribution in [0.4, 0.5) is 0 Å². The molecule has 3 unspecified atom stereocenters. The third-order valence-corrected chi connectivity index (χ3v) is 5.65. The summed E-state index contributed by atoms with van der Waals surface area (Å²) in [5.74, 6) is 1.83. The number of hydrogen-bond donors (Lipinski definition) is 1. The highest BCUT2D eigenvalue weighted by atomic mass is 32.2. The Balaban J connectivity index is 2.49. The van der Waals surface area contributed by atoms with Gasteiger partial charge in [-0.25, -0.2) is 8.42 Å². The molecule has 0 aliphatic carbocycles. The van der Waals surface area contributed by atoms with Gasteiger partial charge in [-0.2, -0.15) is 0 Å². The summed E-state index contributed by atoms with van der Waals surface area (Å²) in [6.45, 7) is 7.58. The summed E-state index contributed by atoms with van der Waals surface area (Å²) < 4.78 is 22.9. The zero-order valence-corrected chi connectivity index (χ0v) is 12.2. The van der Waals surface area contributed by atoms with E-state index in [9.17, 15) is 8.42 Å². The Morgan fingerprint density at radius 1 is 1.35 bits per heavy atom. The Kier molecular flexibility index (Phi) is 5.93. The van der Waals surface area contributed by atoms with Crippen LogP contribution in [0.1, 0.15) is 46.5 Å². The highest BCUT2D eigenvalue weighted by Gasteiger charge is 2.30. The average molecular weight is 261 g/mol. The minimum atomic E-state index is -2.72. The monoisotopic (exact) mass is 261 g/mol. The van der Waals surface area contributed by atoms with E-state index < -0.39 is 9.84 Å². The van der Waals surface area contributed by atoms with Crippen molar-refractivity contribution in [3.05, 3.63) is 0 Å². The van der Waals surface area contributed by atoms with Gasteiger partial charge in [-0.1, -0.05) is 27.2 Å². The lowest BCUT2D eigenvalue weighted by Gasteiger charge is -2.26. The molecule has 0 bridgehead atoms. The van der Waals surface area contributed by atoms with Crippen LogP contribution in [0.15, 0.2) is 0 Å². The van der Waals surface area contributed by atoms with Gasteiger partial charge in [0, 0.05) is 6.04 Å². The van der Waals surface area contributed by atoms with Crippen molar-refractivity contribution in [3.63, 3.8) is 0 Å². The normalized spacial score (nSPS) is 26.9. The minimum Gasteiger partial charge on any atom is -0.314 e. The Labute approximate surface area is 106 Å². The Morgan fingerprint density at radius 3 is 2.53 bits per heavy atom. The quantitative estimate of drug-likeness (QED) is 0.764. The maximum Gasteiger partial charge on any atom is 0.150 e. The lowest BCUT2D eigenvalue weighted by atomic mass is 9.88. The van der Waals surface area contributed by atoms with Gasteiger partial charge in [-0.15, -0.1) is 0 Å². The second-order valence-corrected chi connectivity index (χ2v) is 7.66.